The first-order valence-electron chi connectivity index (χ1n) is 6.48. The van der Waals surface area contributed by atoms with E-state index in [-0.39, 0.29) is 18.8 Å². The number of carboxylic acids is 1. The van der Waals surface area contributed by atoms with Crippen LogP contribution in [0.15, 0.2) is 23.2 Å². The van der Waals surface area contributed by atoms with Crippen LogP contribution in [0.1, 0.15) is 19.2 Å². The molecule has 21 heavy (non-hydrogen) atoms. The van der Waals surface area contributed by atoms with E-state index in [0.717, 1.165) is 0 Å². The molecule has 112 valence electrons. The topological polar surface area (TPSA) is 72.3 Å². The Bertz CT molecular complexity index is 651. The van der Waals surface area contributed by atoms with Gasteiger partial charge in [-0.25, -0.2) is 14.4 Å². The average molecular weight is 310 g/mol. The zero-order valence-electron chi connectivity index (χ0n) is 11.5. The lowest BCUT2D eigenvalue weighted by atomic mass is 10.2. The summed E-state index contributed by atoms with van der Waals surface area (Å²) in [6.07, 6.45) is 0.0201. The first-order valence-corrected chi connectivity index (χ1v) is 7.47. The number of aliphatic carboxylic acids is 1. The van der Waals surface area contributed by atoms with Gasteiger partial charge in [-0.1, -0.05) is 0 Å². The number of carbonyl (C=O) groups is 1. The monoisotopic (exact) mass is 310 g/mol. The molecule has 7 heteroatoms. The Morgan fingerprint density at radius 3 is 2.95 bits per heavy atom. The molecule has 0 unspecified atom stereocenters. The number of hydrogen-bond donors (Lipinski definition) is 1. The molecule has 0 radical (unpaired) electrons. The SMILES string of the molecule is CCOCc1nc(SCCC(=O)O)c2cc(F)ccc2n1. The van der Waals surface area contributed by atoms with Gasteiger partial charge < -0.3 is 9.84 Å². The summed E-state index contributed by atoms with van der Waals surface area (Å²) >= 11 is 1.28. The van der Waals surface area contributed by atoms with E-state index in [1.807, 2.05) is 6.92 Å². The molecule has 0 saturated carbocycles. The highest BCUT2D eigenvalue weighted by Gasteiger charge is 2.10. The van der Waals surface area contributed by atoms with Gasteiger partial charge in [0.1, 0.15) is 17.5 Å². The van der Waals surface area contributed by atoms with Crippen molar-refractivity contribution in [3.8, 4) is 0 Å². The van der Waals surface area contributed by atoms with Gasteiger partial charge in [0.2, 0.25) is 0 Å². The van der Waals surface area contributed by atoms with Crippen LogP contribution in [0.2, 0.25) is 0 Å². The summed E-state index contributed by atoms with van der Waals surface area (Å²) in [4.78, 5) is 19.3. The molecule has 0 aliphatic rings. The number of benzene rings is 1. The molecule has 1 N–H and O–H groups in total. The zero-order chi connectivity index (χ0) is 15.2. The van der Waals surface area contributed by atoms with Gasteiger partial charge in [-0.2, -0.15) is 0 Å². The van der Waals surface area contributed by atoms with Crippen LogP contribution in [-0.4, -0.2) is 33.4 Å². The third-order valence-electron chi connectivity index (χ3n) is 2.66. The van der Waals surface area contributed by atoms with E-state index in [1.54, 1.807) is 6.07 Å². The van der Waals surface area contributed by atoms with Crippen LogP contribution in [0.5, 0.6) is 0 Å². The lowest BCUT2D eigenvalue weighted by molar-refractivity contribution is -0.136. The summed E-state index contributed by atoms with van der Waals surface area (Å²) in [5.74, 6) is -0.370. The minimum atomic E-state index is -0.874. The number of aromatic nitrogens is 2. The summed E-state index contributed by atoms with van der Waals surface area (Å²) in [5.41, 5.74) is 0.624. The van der Waals surface area contributed by atoms with Crippen LogP contribution in [0.4, 0.5) is 4.39 Å². The lowest BCUT2D eigenvalue weighted by Gasteiger charge is -2.08. The maximum atomic E-state index is 13.4. The van der Waals surface area contributed by atoms with Crippen molar-refractivity contribution in [3.63, 3.8) is 0 Å². The molecule has 2 rings (SSSR count). The first kappa shape index (κ1) is 15.7. The van der Waals surface area contributed by atoms with Crippen LogP contribution in [-0.2, 0) is 16.1 Å². The smallest absolute Gasteiger partial charge is 0.304 e. The number of hydrogen-bond acceptors (Lipinski definition) is 5. The van der Waals surface area contributed by atoms with Gasteiger partial charge in [0.05, 0.1) is 11.9 Å². The Labute approximate surface area is 125 Å². The Kier molecular flexibility index (Phi) is 5.46. The molecule has 0 aliphatic heterocycles. The molecule has 1 aromatic carbocycles. The number of thioether (sulfide) groups is 1. The van der Waals surface area contributed by atoms with Crippen molar-refractivity contribution in [2.45, 2.75) is 25.0 Å². The molecule has 0 fully saturated rings. The minimum Gasteiger partial charge on any atom is -0.481 e. The van der Waals surface area contributed by atoms with Gasteiger partial charge in [-0.15, -0.1) is 11.8 Å². The summed E-state index contributed by atoms with van der Waals surface area (Å²) < 4.78 is 18.7. The second-order valence-electron chi connectivity index (χ2n) is 4.24. The van der Waals surface area contributed by atoms with E-state index >= 15 is 0 Å². The van der Waals surface area contributed by atoms with E-state index < -0.39 is 5.97 Å². The van der Waals surface area contributed by atoms with Crippen molar-refractivity contribution in [2.75, 3.05) is 12.4 Å². The Hall–Kier alpha value is -1.73. The van der Waals surface area contributed by atoms with Crippen molar-refractivity contribution in [2.24, 2.45) is 0 Å². The second kappa shape index (κ2) is 7.33. The number of rotatable bonds is 7. The lowest BCUT2D eigenvalue weighted by Crippen LogP contribution is -2.02. The molecule has 1 heterocycles. The molecule has 0 saturated heterocycles. The molecule has 0 bridgehead atoms. The van der Waals surface area contributed by atoms with Crippen molar-refractivity contribution >= 4 is 28.6 Å². The van der Waals surface area contributed by atoms with Crippen molar-refractivity contribution in [1.29, 1.82) is 0 Å². The van der Waals surface area contributed by atoms with Crippen LogP contribution >= 0.6 is 11.8 Å². The largest absolute Gasteiger partial charge is 0.481 e. The molecule has 0 amide bonds. The highest BCUT2D eigenvalue weighted by atomic mass is 32.2. The van der Waals surface area contributed by atoms with E-state index in [2.05, 4.69) is 9.97 Å². The number of nitrogens with zero attached hydrogens (tertiary/aromatic N) is 2. The predicted octanol–water partition coefficient (Wildman–Crippen LogP) is 2.87. The summed E-state index contributed by atoms with van der Waals surface area (Å²) in [6.45, 7) is 2.70. The summed E-state index contributed by atoms with van der Waals surface area (Å²) in [6, 6.07) is 4.29. The predicted molar refractivity (Wildman–Crippen MR) is 77.8 cm³/mol. The van der Waals surface area contributed by atoms with E-state index in [4.69, 9.17) is 9.84 Å². The van der Waals surface area contributed by atoms with Gasteiger partial charge in [-0.05, 0) is 25.1 Å². The molecule has 2 aromatic rings. The number of carboxylic acid groups (broad SMARTS) is 1. The van der Waals surface area contributed by atoms with Crippen LogP contribution in [0.25, 0.3) is 10.9 Å². The van der Waals surface area contributed by atoms with Gasteiger partial charge >= 0.3 is 5.97 Å². The van der Waals surface area contributed by atoms with E-state index in [1.165, 1.54) is 23.9 Å². The van der Waals surface area contributed by atoms with Crippen LogP contribution in [0, 0.1) is 5.82 Å². The number of ether oxygens (including phenoxy) is 1. The van der Waals surface area contributed by atoms with Crippen LogP contribution < -0.4 is 0 Å². The molecule has 5 nitrogen and oxygen atoms in total. The van der Waals surface area contributed by atoms with Gasteiger partial charge in [0.25, 0.3) is 0 Å². The molecular formula is C14H15FN2O3S. The third kappa shape index (κ3) is 4.37. The summed E-state index contributed by atoms with van der Waals surface area (Å²) in [5, 5.41) is 9.86. The third-order valence-corrected chi connectivity index (χ3v) is 3.65. The van der Waals surface area contributed by atoms with Crippen LogP contribution in [0.3, 0.4) is 0 Å². The Balaban J connectivity index is 2.32. The molecule has 1 aromatic heterocycles. The van der Waals surface area contributed by atoms with Gasteiger partial charge in [0.15, 0.2) is 5.82 Å². The fraction of sp³-hybridized carbons (Fsp3) is 0.357. The first-order chi connectivity index (χ1) is 10.1. The number of fused-ring (bicyclic) bond motifs is 1. The molecule has 0 atom stereocenters. The highest BCUT2D eigenvalue weighted by molar-refractivity contribution is 7.99. The fourth-order valence-electron chi connectivity index (χ4n) is 1.72. The molecular weight excluding hydrogens is 295 g/mol. The van der Waals surface area contributed by atoms with Crippen molar-refractivity contribution < 1.29 is 19.0 Å². The Morgan fingerprint density at radius 1 is 1.43 bits per heavy atom. The minimum absolute atomic E-state index is 0.0201. The molecule has 0 aliphatic carbocycles. The fourth-order valence-corrected chi connectivity index (χ4v) is 2.68. The van der Waals surface area contributed by atoms with Crippen molar-refractivity contribution in [3.05, 3.63) is 29.8 Å². The standard InChI is InChI=1S/C14H15FN2O3S/c1-2-20-8-12-16-11-4-3-9(15)7-10(11)14(17-12)21-6-5-13(18)19/h3-4,7H,2,5-6,8H2,1H3,(H,18,19). The normalized spacial score (nSPS) is 11.0. The Morgan fingerprint density at radius 2 is 2.24 bits per heavy atom. The van der Waals surface area contributed by atoms with E-state index in [0.29, 0.717) is 34.1 Å². The second-order valence-corrected chi connectivity index (χ2v) is 5.32. The maximum absolute atomic E-state index is 13.4. The van der Waals surface area contributed by atoms with Gasteiger partial charge in [0, 0.05) is 17.7 Å². The van der Waals surface area contributed by atoms with E-state index in [9.17, 15) is 9.18 Å². The number of halogens is 1. The van der Waals surface area contributed by atoms with Gasteiger partial charge in [-0.3, -0.25) is 4.79 Å². The maximum Gasteiger partial charge on any atom is 0.304 e. The quantitative estimate of drug-likeness (QED) is 0.626. The van der Waals surface area contributed by atoms with Crippen molar-refractivity contribution in [1.82, 2.24) is 9.97 Å². The summed E-state index contributed by atoms with van der Waals surface area (Å²) in [7, 11) is 0. The zero-order valence-corrected chi connectivity index (χ0v) is 12.3. The average Bonchev–Trinajstić information content (AvgIpc) is 2.45. The molecule has 0 spiro atoms. The highest BCUT2D eigenvalue weighted by Crippen LogP contribution is 2.26.